The zero-order valence-electron chi connectivity index (χ0n) is 8.85. The Labute approximate surface area is 94.2 Å². The fourth-order valence-electron chi connectivity index (χ4n) is 1.86. The van der Waals surface area contributed by atoms with Gasteiger partial charge in [-0.25, -0.2) is 0 Å². The van der Waals surface area contributed by atoms with E-state index in [0.717, 1.165) is 24.5 Å². The van der Waals surface area contributed by atoms with Crippen molar-refractivity contribution in [2.24, 2.45) is 0 Å². The number of carboxylic acids is 1. The summed E-state index contributed by atoms with van der Waals surface area (Å²) in [7, 11) is 0. The molecule has 0 aromatic carbocycles. The van der Waals surface area contributed by atoms with Gasteiger partial charge in [0.25, 0.3) is 0 Å². The summed E-state index contributed by atoms with van der Waals surface area (Å²) in [5.74, 6) is 1.04. The van der Waals surface area contributed by atoms with Gasteiger partial charge >= 0.3 is 5.97 Å². The lowest BCUT2D eigenvalue weighted by molar-refractivity contribution is -0.138. The lowest BCUT2D eigenvalue weighted by Crippen LogP contribution is -2.48. The van der Waals surface area contributed by atoms with Gasteiger partial charge < -0.3 is 5.11 Å². The first-order chi connectivity index (χ1) is 7.19. The highest BCUT2D eigenvalue weighted by Gasteiger charge is 2.29. The van der Waals surface area contributed by atoms with Gasteiger partial charge in [-0.3, -0.25) is 9.69 Å². The van der Waals surface area contributed by atoms with Crippen molar-refractivity contribution in [2.75, 3.05) is 18.1 Å². The van der Waals surface area contributed by atoms with Gasteiger partial charge in [-0.05, 0) is 6.42 Å². The SMILES string of the molecule is CCC(C#N)N1CCSCC1CC(=O)O. The summed E-state index contributed by atoms with van der Waals surface area (Å²) in [5, 5.41) is 17.8. The zero-order valence-corrected chi connectivity index (χ0v) is 9.66. The molecular weight excluding hydrogens is 212 g/mol. The summed E-state index contributed by atoms with van der Waals surface area (Å²) in [6, 6.07) is 2.14. The number of carbonyl (C=O) groups is 1. The van der Waals surface area contributed by atoms with Gasteiger partial charge in [0.05, 0.1) is 18.5 Å². The Kier molecular flexibility index (Phi) is 4.92. The van der Waals surface area contributed by atoms with E-state index in [1.807, 2.05) is 11.8 Å². The molecule has 1 fully saturated rings. The highest BCUT2D eigenvalue weighted by molar-refractivity contribution is 7.99. The molecule has 1 aliphatic heterocycles. The van der Waals surface area contributed by atoms with E-state index in [2.05, 4.69) is 6.07 Å². The molecule has 4 nitrogen and oxygen atoms in total. The van der Waals surface area contributed by atoms with Crippen LogP contribution in [0.2, 0.25) is 0 Å². The van der Waals surface area contributed by atoms with Crippen LogP contribution in [0.1, 0.15) is 19.8 Å². The first-order valence-corrected chi connectivity index (χ1v) is 6.29. The molecule has 0 amide bonds. The monoisotopic (exact) mass is 228 g/mol. The molecule has 1 N–H and O–H groups in total. The minimum Gasteiger partial charge on any atom is -0.481 e. The smallest absolute Gasteiger partial charge is 0.304 e. The molecule has 1 aliphatic rings. The fourth-order valence-corrected chi connectivity index (χ4v) is 2.94. The van der Waals surface area contributed by atoms with E-state index in [1.165, 1.54) is 0 Å². The van der Waals surface area contributed by atoms with E-state index in [0.29, 0.717) is 0 Å². The first-order valence-electron chi connectivity index (χ1n) is 5.14. The normalized spacial score (nSPS) is 24.4. The maximum absolute atomic E-state index is 10.7. The van der Waals surface area contributed by atoms with Crippen molar-refractivity contribution in [3.63, 3.8) is 0 Å². The zero-order chi connectivity index (χ0) is 11.3. The van der Waals surface area contributed by atoms with Gasteiger partial charge in [0.1, 0.15) is 0 Å². The second-order valence-electron chi connectivity index (χ2n) is 3.62. The van der Waals surface area contributed by atoms with E-state index < -0.39 is 5.97 Å². The Morgan fingerprint density at radius 3 is 3.07 bits per heavy atom. The average Bonchev–Trinajstić information content (AvgIpc) is 2.21. The number of rotatable bonds is 4. The molecule has 1 heterocycles. The molecular formula is C10H16N2O2S. The van der Waals surface area contributed by atoms with Crippen LogP contribution >= 0.6 is 11.8 Å². The van der Waals surface area contributed by atoms with Crippen LogP contribution in [0.4, 0.5) is 0 Å². The lowest BCUT2D eigenvalue weighted by atomic mass is 10.1. The first kappa shape index (κ1) is 12.3. The maximum Gasteiger partial charge on any atom is 0.304 e. The van der Waals surface area contributed by atoms with Crippen LogP contribution in [-0.4, -0.2) is 46.1 Å². The van der Waals surface area contributed by atoms with Crippen molar-refractivity contribution in [1.82, 2.24) is 4.90 Å². The molecule has 84 valence electrons. The third kappa shape index (κ3) is 3.40. The molecule has 5 heteroatoms. The molecule has 1 rings (SSSR count). The van der Waals surface area contributed by atoms with Gasteiger partial charge in [-0.2, -0.15) is 17.0 Å². The lowest BCUT2D eigenvalue weighted by Gasteiger charge is -2.37. The predicted octanol–water partition coefficient (Wildman–Crippen LogP) is 1.18. The standard InChI is InChI=1S/C10H16N2O2S/c1-2-8(6-11)12-3-4-15-7-9(12)5-10(13)14/h8-9H,2-5,7H2,1H3,(H,13,14). The predicted molar refractivity (Wildman–Crippen MR) is 59.8 cm³/mol. The van der Waals surface area contributed by atoms with Crippen LogP contribution in [-0.2, 0) is 4.79 Å². The molecule has 0 aliphatic carbocycles. The van der Waals surface area contributed by atoms with Crippen LogP contribution in [0.15, 0.2) is 0 Å². The third-order valence-corrected chi connectivity index (χ3v) is 3.71. The van der Waals surface area contributed by atoms with Crippen LogP contribution in [0.5, 0.6) is 0 Å². The number of aliphatic carboxylic acids is 1. The topological polar surface area (TPSA) is 64.3 Å². The van der Waals surface area contributed by atoms with E-state index in [1.54, 1.807) is 11.8 Å². The molecule has 2 unspecified atom stereocenters. The Hall–Kier alpha value is -0.730. The summed E-state index contributed by atoms with van der Waals surface area (Å²) >= 11 is 1.77. The Morgan fingerprint density at radius 2 is 2.53 bits per heavy atom. The number of hydrogen-bond donors (Lipinski definition) is 1. The minimum absolute atomic E-state index is 0.0193. The highest BCUT2D eigenvalue weighted by Crippen LogP contribution is 2.22. The number of nitriles is 1. The summed E-state index contributed by atoms with van der Waals surface area (Å²) in [6.07, 6.45) is 0.905. The number of nitrogens with zero attached hydrogens (tertiary/aromatic N) is 2. The molecule has 15 heavy (non-hydrogen) atoms. The summed E-state index contributed by atoms with van der Waals surface area (Å²) < 4.78 is 0. The van der Waals surface area contributed by atoms with Crippen molar-refractivity contribution < 1.29 is 9.90 Å². The van der Waals surface area contributed by atoms with E-state index in [4.69, 9.17) is 10.4 Å². The maximum atomic E-state index is 10.7. The molecule has 2 atom stereocenters. The second kappa shape index (κ2) is 5.99. The van der Waals surface area contributed by atoms with Crippen molar-refractivity contribution in [2.45, 2.75) is 31.8 Å². The molecule has 0 aromatic heterocycles. The van der Waals surface area contributed by atoms with Gasteiger partial charge in [-0.1, -0.05) is 6.92 Å². The molecule has 0 bridgehead atoms. The summed E-state index contributed by atoms with van der Waals surface area (Å²) in [6.45, 7) is 2.79. The highest BCUT2D eigenvalue weighted by atomic mass is 32.2. The van der Waals surface area contributed by atoms with Crippen LogP contribution in [0, 0.1) is 11.3 Å². The van der Waals surface area contributed by atoms with E-state index in [-0.39, 0.29) is 18.5 Å². The quantitative estimate of drug-likeness (QED) is 0.782. The molecule has 0 aromatic rings. The second-order valence-corrected chi connectivity index (χ2v) is 4.77. The Bertz CT molecular complexity index is 265. The molecule has 0 saturated carbocycles. The molecule has 0 spiro atoms. The fraction of sp³-hybridized carbons (Fsp3) is 0.800. The minimum atomic E-state index is -0.778. The summed E-state index contributed by atoms with van der Waals surface area (Å²) in [5.41, 5.74) is 0. The van der Waals surface area contributed by atoms with Crippen LogP contribution in [0.25, 0.3) is 0 Å². The average molecular weight is 228 g/mol. The number of hydrogen-bond acceptors (Lipinski definition) is 4. The van der Waals surface area contributed by atoms with Crippen molar-refractivity contribution in [3.05, 3.63) is 0 Å². The number of carboxylic acid groups (broad SMARTS) is 1. The van der Waals surface area contributed by atoms with Crippen LogP contribution in [0.3, 0.4) is 0 Å². The van der Waals surface area contributed by atoms with E-state index in [9.17, 15) is 4.79 Å². The van der Waals surface area contributed by atoms with E-state index >= 15 is 0 Å². The Morgan fingerprint density at radius 1 is 1.80 bits per heavy atom. The van der Waals surface area contributed by atoms with Crippen molar-refractivity contribution >= 4 is 17.7 Å². The van der Waals surface area contributed by atoms with Gasteiger partial charge in [0.15, 0.2) is 0 Å². The third-order valence-electron chi connectivity index (χ3n) is 2.62. The van der Waals surface area contributed by atoms with Crippen molar-refractivity contribution in [3.8, 4) is 6.07 Å². The van der Waals surface area contributed by atoms with Crippen LogP contribution < -0.4 is 0 Å². The largest absolute Gasteiger partial charge is 0.481 e. The van der Waals surface area contributed by atoms with Gasteiger partial charge in [-0.15, -0.1) is 0 Å². The summed E-state index contributed by atoms with van der Waals surface area (Å²) in [4.78, 5) is 12.7. The van der Waals surface area contributed by atoms with Gasteiger partial charge in [0.2, 0.25) is 0 Å². The number of thioether (sulfide) groups is 1. The molecule has 0 radical (unpaired) electrons. The van der Waals surface area contributed by atoms with Crippen molar-refractivity contribution in [1.29, 1.82) is 5.26 Å². The molecule has 1 saturated heterocycles. The van der Waals surface area contributed by atoms with Gasteiger partial charge in [0, 0.05) is 24.1 Å². The Balaban J connectivity index is 2.64.